The molecule has 2 rings (SSSR count). The molecular weight excluding hydrogens is 437 g/mol. The Labute approximate surface area is 174 Å². The molecule has 0 aliphatic heterocycles. The molecule has 0 atom stereocenters. The van der Waals surface area contributed by atoms with Gasteiger partial charge in [0.15, 0.2) is 5.96 Å². The van der Waals surface area contributed by atoms with Crippen LogP contribution in [0.5, 0.6) is 0 Å². The first-order valence-electron chi connectivity index (χ1n) is 8.96. The molecule has 142 valence electrons. The molecule has 0 saturated heterocycles. The molecule has 0 aromatic heterocycles. The monoisotopic (exact) mass is 467 g/mol. The molecule has 0 heterocycles. The second kappa shape index (κ2) is 13.6. The van der Waals surface area contributed by atoms with Gasteiger partial charge in [0.25, 0.3) is 0 Å². The molecule has 2 aromatic rings. The van der Waals surface area contributed by atoms with E-state index in [1.54, 1.807) is 7.05 Å². The third kappa shape index (κ3) is 8.67. The highest BCUT2D eigenvalue weighted by Gasteiger charge is 2.00. The summed E-state index contributed by atoms with van der Waals surface area (Å²) < 4.78 is 5.82. The molecule has 0 unspecified atom stereocenters. The maximum Gasteiger partial charge on any atom is 0.191 e. The molecule has 0 fully saturated rings. The van der Waals surface area contributed by atoms with Crippen LogP contribution in [0.4, 0.5) is 0 Å². The highest BCUT2D eigenvalue weighted by Crippen LogP contribution is 2.09. The van der Waals surface area contributed by atoms with Crippen molar-refractivity contribution < 1.29 is 4.74 Å². The summed E-state index contributed by atoms with van der Waals surface area (Å²) in [5, 5.41) is 6.67. The Balaban J connectivity index is 0.00000338. The van der Waals surface area contributed by atoms with Gasteiger partial charge in [-0.05, 0) is 23.1 Å². The molecule has 26 heavy (non-hydrogen) atoms. The Morgan fingerprint density at radius 2 is 1.62 bits per heavy atom. The fourth-order valence-electron chi connectivity index (χ4n) is 2.48. The van der Waals surface area contributed by atoms with Crippen molar-refractivity contribution in [2.24, 2.45) is 4.99 Å². The van der Waals surface area contributed by atoms with Gasteiger partial charge in [-0.15, -0.1) is 24.0 Å². The summed E-state index contributed by atoms with van der Waals surface area (Å²) in [7, 11) is 1.80. The Morgan fingerprint density at radius 3 is 2.35 bits per heavy atom. The number of unbranched alkanes of at least 4 members (excludes halogenated alkanes) is 1. The molecular formula is C21H30IN3O. The van der Waals surface area contributed by atoms with E-state index >= 15 is 0 Å². The van der Waals surface area contributed by atoms with Crippen LogP contribution in [0, 0.1) is 0 Å². The maximum absolute atomic E-state index is 5.82. The minimum absolute atomic E-state index is 0. The number of benzene rings is 2. The summed E-state index contributed by atoms with van der Waals surface area (Å²) in [6.45, 7) is 5.13. The van der Waals surface area contributed by atoms with Gasteiger partial charge in [-0.3, -0.25) is 4.99 Å². The summed E-state index contributed by atoms with van der Waals surface area (Å²) in [6, 6.07) is 18.7. The summed E-state index contributed by atoms with van der Waals surface area (Å²) in [5.41, 5.74) is 3.60. The number of guanidine groups is 1. The zero-order valence-electron chi connectivity index (χ0n) is 15.7. The fourth-order valence-corrected chi connectivity index (χ4v) is 2.48. The van der Waals surface area contributed by atoms with Crippen molar-refractivity contribution in [1.29, 1.82) is 0 Å². The lowest BCUT2D eigenvalue weighted by Gasteiger charge is -2.12. The molecule has 0 saturated carbocycles. The van der Waals surface area contributed by atoms with E-state index in [0.717, 1.165) is 25.5 Å². The fraction of sp³-hybridized carbons (Fsp3) is 0.381. The average molecular weight is 467 g/mol. The van der Waals surface area contributed by atoms with E-state index in [1.807, 2.05) is 18.2 Å². The highest BCUT2D eigenvalue weighted by atomic mass is 127. The number of aliphatic imine (C=N–C) groups is 1. The summed E-state index contributed by atoms with van der Waals surface area (Å²) in [6.07, 6.45) is 2.32. The largest absolute Gasteiger partial charge is 0.372 e. The Kier molecular flexibility index (Phi) is 11.7. The van der Waals surface area contributed by atoms with E-state index in [0.29, 0.717) is 13.2 Å². The Hall–Kier alpha value is -1.60. The first-order valence-corrected chi connectivity index (χ1v) is 8.96. The molecule has 0 aliphatic rings. The van der Waals surface area contributed by atoms with Gasteiger partial charge in [-0.25, -0.2) is 0 Å². The molecule has 5 heteroatoms. The third-order valence-electron chi connectivity index (χ3n) is 3.88. The minimum atomic E-state index is 0. The first-order chi connectivity index (χ1) is 12.3. The van der Waals surface area contributed by atoms with Crippen LogP contribution in [0.25, 0.3) is 0 Å². The van der Waals surface area contributed by atoms with E-state index in [2.05, 4.69) is 58.9 Å². The van der Waals surface area contributed by atoms with Crippen LogP contribution in [0.15, 0.2) is 59.6 Å². The van der Waals surface area contributed by atoms with Gasteiger partial charge in [0.05, 0.1) is 13.2 Å². The topological polar surface area (TPSA) is 45.7 Å². The quantitative estimate of drug-likeness (QED) is 0.247. The summed E-state index contributed by atoms with van der Waals surface area (Å²) in [4.78, 5) is 4.25. The third-order valence-corrected chi connectivity index (χ3v) is 3.88. The van der Waals surface area contributed by atoms with Gasteiger partial charge >= 0.3 is 0 Å². The van der Waals surface area contributed by atoms with E-state index in [1.165, 1.54) is 23.1 Å². The van der Waals surface area contributed by atoms with Crippen LogP contribution < -0.4 is 10.6 Å². The van der Waals surface area contributed by atoms with Crippen molar-refractivity contribution in [3.05, 3.63) is 71.3 Å². The lowest BCUT2D eigenvalue weighted by atomic mass is 10.1. The summed E-state index contributed by atoms with van der Waals surface area (Å²) >= 11 is 0. The lowest BCUT2D eigenvalue weighted by Crippen LogP contribution is -2.37. The first kappa shape index (κ1) is 22.4. The second-order valence-electron chi connectivity index (χ2n) is 6.00. The molecule has 0 spiro atoms. The average Bonchev–Trinajstić information content (AvgIpc) is 2.66. The van der Waals surface area contributed by atoms with Gasteiger partial charge in [-0.1, -0.05) is 67.9 Å². The van der Waals surface area contributed by atoms with Crippen LogP contribution in [0.1, 0.15) is 36.5 Å². The van der Waals surface area contributed by atoms with E-state index in [4.69, 9.17) is 4.74 Å². The van der Waals surface area contributed by atoms with Crippen molar-refractivity contribution in [2.75, 3.05) is 13.6 Å². The molecule has 4 nitrogen and oxygen atoms in total. The number of hydrogen-bond acceptors (Lipinski definition) is 2. The van der Waals surface area contributed by atoms with Crippen LogP contribution in [0.2, 0.25) is 0 Å². The number of rotatable bonds is 9. The predicted octanol–water partition coefficient (Wildman–Crippen LogP) is 4.49. The van der Waals surface area contributed by atoms with Gasteiger partial charge in [-0.2, -0.15) is 0 Å². The van der Waals surface area contributed by atoms with Crippen LogP contribution in [0.3, 0.4) is 0 Å². The van der Waals surface area contributed by atoms with Crippen molar-refractivity contribution in [3.63, 3.8) is 0 Å². The number of ether oxygens (including phenoxy) is 1. The standard InChI is InChI=1S/C21H29N3O.HI/c1-3-4-13-23-21(22-2)24-15-19-11-8-12-20(14-19)17-25-16-18-9-6-5-7-10-18;/h5-12,14H,3-4,13,15-17H2,1-2H3,(H2,22,23,24);1H. The van der Waals surface area contributed by atoms with Gasteiger partial charge < -0.3 is 15.4 Å². The smallest absolute Gasteiger partial charge is 0.191 e. The predicted molar refractivity (Wildman–Crippen MR) is 120 cm³/mol. The second-order valence-corrected chi connectivity index (χ2v) is 6.00. The SMILES string of the molecule is CCCCNC(=NC)NCc1cccc(COCc2ccccc2)c1.I. The zero-order valence-corrected chi connectivity index (χ0v) is 18.0. The normalized spacial score (nSPS) is 10.9. The maximum atomic E-state index is 5.82. The van der Waals surface area contributed by atoms with Crippen molar-refractivity contribution in [2.45, 2.75) is 39.5 Å². The number of hydrogen-bond donors (Lipinski definition) is 2. The molecule has 0 aliphatic carbocycles. The molecule has 0 radical (unpaired) electrons. The van der Waals surface area contributed by atoms with Gasteiger partial charge in [0, 0.05) is 20.1 Å². The van der Waals surface area contributed by atoms with E-state index < -0.39 is 0 Å². The van der Waals surface area contributed by atoms with Crippen LogP contribution in [-0.2, 0) is 24.5 Å². The lowest BCUT2D eigenvalue weighted by molar-refractivity contribution is 0.107. The number of nitrogens with zero attached hydrogens (tertiary/aromatic N) is 1. The molecule has 0 amide bonds. The highest BCUT2D eigenvalue weighted by molar-refractivity contribution is 14.0. The van der Waals surface area contributed by atoms with Gasteiger partial charge in [0.1, 0.15) is 0 Å². The summed E-state index contributed by atoms with van der Waals surface area (Å²) in [5.74, 6) is 0.846. The Morgan fingerprint density at radius 1 is 0.923 bits per heavy atom. The zero-order chi connectivity index (χ0) is 17.7. The van der Waals surface area contributed by atoms with Crippen molar-refractivity contribution in [3.8, 4) is 0 Å². The van der Waals surface area contributed by atoms with E-state index in [9.17, 15) is 0 Å². The van der Waals surface area contributed by atoms with Crippen LogP contribution >= 0.6 is 24.0 Å². The molecule has 2 N–H and O–H groups in total. The van der Waals surface area contributed by atoms with E-state index in [-0.39, 0.29) is 24.0 Å². The molecule has 0 bridgehead atoms. The molecule has 2 aromatic carbocycles. The Bertz CT molecular complexity index is 647. The van der Waals surface area contributed by atoms with Gasteiger partial charge in [0.2, 0.25) is 0 Å². The van der Waals surface area contributed by atoms with Crippen molar-refractivity contribution >= 4 is 29.9 Å². The number of halogens is 1. The minimum Gasteiger partial charge on any atom is -0.372 e. The van der Waals surface area contributed by atoms with Crippen LogP contribution in [-0.4, -0.2) is 19.6 Å². The number of nitrogens with one attached hydrogen (secondary N) is 2. The van der Waals surface area contributed by atoms with Crippen molar-refractivity contribution in [1.82, 2.24) is 10.6 Å².